The smallest absolute Gasteiger partial charge is 0.169 e. The van der Waals surface area contributed by atoms with Gasteiger partial charge in [0, 0.05) is 13.1 Å². The highest BCUT2D eigenvalue weighted by atomic mass is 15.3. The van der Waals surface area contributed by atoms with E-state index in [2.05, 4.69) is 44.0 Å². The minimum atomic E-state index is 0.113. The zero-order valence-corrected chi connectivity index (χ0v) is 12.4. The van der Waals surface area contributed by atoms with Gasteiger partial charge < -0.3 is 4.90 Å². The molecule has 18 heavy (non-hydrogen) atoms. The predicted octanol–water partition coefficient (Wildman–Crippen LogP) is 2.84. The SMILES string of the molecule is Cc1nnc(N(C)C(C)C(C)(C)C)c(C#N)c1C. The monoisotopic (exact) mass is 246 g/mol. The Kier molecular flexibility index (Phi) is 3.95. The van der Waals surface area contributed by atoms with Crippen molar-refractivity contribution in [1.29, 1.82) is 5.26 Å². The summed E-state index contributed by atoms with van der Waals surface area (Å²) in [6.07, 6.45) is 0. The van der Waals surface area contributed by atoms with Gasteiger partial charge in [-0.2, -0.15) is 10.4 Å². The Morgan fingerprint density at radius 2 is 1.78 bits per heavy atom. The minimum absolute atomic E-state index is 0.113. The maximum atomic E-state index is 9.31. The van der Waals surface area contributed by atoms with E-state index >= 15 is 0 Å². The Hall–Kier alpha value is -1.63. The molecule has 0 radical (unpaired) electrons. The van der Waals surface area contributed by atoms with Crippen LogP contribution in [-0.2, 0) is 0 Å². The van der Waals surface area contributed by atoms with Gasteiger partial charge in [0.1, 0.15) is 11.6 Å². The molecular formula is C14H22N4. The molecule has 0 aromatic carbocycles. The number of hydrogen-bond donors (Lipinski definition) is 0. The first-order valence-electron chi connectivity index (χ1n) is 6.17. The summed E-state index contributed by atoms with van der Waals surface area (Å²) in [5.41, 5.74) is 2.46. The molecule has 1 aromatic heterocycles. The van der Waals surface area contributed by atoms with Gasteiger partial charge in [-0.15, -0.1) is 5.10 Å². The number of hydrogen-bond acceptors (Lipinski definition) is 4. The van der Waals surface area contributed by atoms with Crippen molar-refractivity contribution in [2.45, 2.75) is 47.6 Å². The molecule has 1 unspecified atom stereocenters. The summed E-state index contributed by atoms with van der Waals surface area (Å²) in [5.74, 6) is 0.669. The van der Waals surface area contributed by atoms with Crippen molar-refractivity contribution in [3.8, 4) is 6.07 Å². The fraction of sp³-hybridized carbons (Fsp3) is 0.643. The molecule has 0 amide bonds. The third-order valence-electron chi connectivity index (χ3n) is 3.72. The first-order valence-corrected chi connectivity index (χ1v) is 6.17. The molecule has 0 saturated carbocycles. The van der Waals surface area contributed by atoms with E-state index in [1.165, 1.54) is 0 Å². The summed E-state index contributed by atoms with van der Waals surface area (Å²) >= 11 is 0. The van der Waals surface area contributed by atoms with Gasteiger partial charge in [0.2, 0.25) is 0 Å². The molecule has 0 aliphatic heterocycles. The highest BCUT2D eigenvalue weighted by Gasteiger charge is 2.27. The van der Waals surface area contributed by atoms with Crippen molar-refractivity contribution in [1.82, 2.24) is 10.2 Å². The number of nitrogens with zero attached hydrogens (tertiary/aromatic N) is 4. The van der Waals surface area contributed by atoms with Crippen LogP contribution in [0.3, 0.4) is 0 Å². The normalized spacial score (nSPS) is 13.0. The summed E-state index contributed by atoms with van der Waals surface area (Å²) in [7, 11) is 1.97. The molecule has 1 aromatic rings. The van der Waals surface area contributed by atoms with Crippen LogP contribution in [0.4, 0.5) is 5.82 Å². The number of anilines is 1. The fourth-order valence-electron chi connectivity index (χ4n) is 1.74. The van der Waals surface area contributed by atoms with E-state index < -0.39 is 0 Å². The van der Waals surface area contributed by atoms with E-state index in [1.54, 1.807) is 0 Å². The summed E-state index contributed by atoms with van der Waals surface area (Å²) in [6, 6.07) is 2.51. The van der Waals surface area contributed by atoms with E-state index in [9.17, 15) is 5.26 Å². The van der Waals surface area contributed by atoms with Crippen LogP contribution in [0.25, 0.3) is 0 Å². The predicted molar refractivity (Wildman–Crippen MR) is 73.5 cm³/mol. The number of aryl methyl sites for hydroxylation is 1. The van der Waals surface area contributed by atoms with Gasteiger partial charge in [0.05, 0.1) is 5.69 Å². The third-order valence-corrected chi connectivity index (χ3v) is 3.72. The van der Waals surface area contributed by atoms with E-state index in [0.29, 0.717) is 11.4 Å². The Morgan fingerprint density at radius 1 is 1.22 bits per heavy atom. The molecule has 1 atom stereocenters. The van der Waals surface area contributed by atoms with Crippen LogP contribution in [0.15, 0.2) is 0 Å². The van der Waals surface area contributed by atoms with Crippen molar-refractivity contribution in [3.05, 3.63) is 16.8 Å². The van der Waals surface area contributed by atoms with Crippen LogP contribution in [0.5, 0.6) is 0 Å². The Bertz CT molecular complexity index is 480. The lowest BCUT2D eigenvalue weighted by atomic mass is 9.87. The highest BCUT2D eigenvalue weighted by Crippen LogP contribution is 2.29. The van der Waals surface area contributed by atoms with Crippen molar-refractivity contribution in [3.63, 3.8) is 0 Å². The number of rotatable bonds is 2. The lowest BCUT2D eigenvalue weighted by Gasteiger charge is -2.36. The molecule has 0 aliphatic rings. The molecule has 1 rings (SSSR count). The standard InChI is InChI=1S/C14H22N4/c1-9-10(2)16-17-13(12(9)8-15)18(7)11(3)14(4,5)6/h11H,1-7H3. The Morgan fingerprint density at radius 3 is 2.22 bits per heavy atom. The van der Waals surface area contributed by atoms with Crippen molar-refractivity contribution >= 4 is 5.82 Å². The molecule has 1 heterocycles. The van der Waals surface area contributed by atoms with Gasteiger partial charge in [-0.05, 0) is 31.7 Å². The van der Waals surface area contributed by atoms with E-state index in [-0.39, 0.29) is 11.5 Å². The van der Waals surface area contributed by atoms with E-state index in [0.717, 1.165) is 11.3 Å². The first-order chi connectivity index (χ1) is 8.20. The number of nitriles is 1. The highest BCUT2D eigenvalue weighted by molar-refractivity contribution is 5.57. The van der Waals surface area contributed by atoms with Crippen molar-refractivity contribution < 1.29 is 0 Å². The molecule has 0 spiro atoms. The third kappa shape index (κ3) is 2.61. The second-order valence-electron chi connectivity index (χ2n) is 5.87. The van der Waals surface area contributed by atoms with Crippen LogP contribution in [0, 0.1) is 30.6 Å². The molecular weight excluding hydrogens is 224 g/mol. The van der Waals surface area contributed by atoms with Crippen LogP contribution in [-0.4, -0.2) is 23.3 Å². The van der Waals surface area contributed by atoms with Gasteiger partial charge >= 0.3 is 0 Å². The maximum absolute atomic E-state index is 9.31. The van der Waals surface area contributed by atoms with Gasteiger partial charge in [0.15, 0.2) is 5.82 Å². The largest absolute Gasteiger partial charge is 0.354 e. The van der Waals surface area contributed by atoms with Crippen molar-refractivity contribution in [2.24, 2.45) is 5.41 Å². The topological polar surface area (TPSA) is 52.8 Å². The molecule has 0 saturated heterocycles. The fourth-order valence-corrected chi connectivity index (χ4v) is 1.74. The molecule has 0 N–H and O–H groups in total. The minimum Gasteiger partial charge on any atom is -0.354 e. The lowest BCUT2D eigenvalue weighted by Crippen LogP contribution is -2.40. The maximum Gasteiger partial charge on any atom is 0.169 e. The summed E-state index contributed by atoms with van der Waals surface area (Å²) in [5, 5.41) is 17.6. The molecule has 4 heteroatoms. The Balaban J connectivity index is 3.27. The quantitative estimate of drug-likeness (QED) is 0.805. The Labute approximate surface area is 110 Å². The molecule has 98 valence electrons. The van der Waals surface area contributed by atoms with Gasteiger partial charge in [-0.25, -0.2) is 0 Å². The lowest BCUT2D eigenvalue weighted by molar-refractivity contribution is 0.328. The van der Waals surface area contributed by atoms with Gasteiger partial charge in [0.25, 0.3) is 0 Å². The van der Waals surface area contributed by atoms with Crippen LogP contribution < -0.4 is 4.90 Å². The molecule has 4 nitrogen and oxygen atoms in total. The average Bonchev–Trinajstić information content (AvgIpc) is 2.29. The number of aromatic nitrogens is 2. The van der Waals surface area contributed by atoms with Gasteiger partial charge in [-0.1, -0.05) is 20.8 Å². The summed E-state index contributed by atoms with van der Waals surface area (Å²) in [4.78, 5) is 2.04. The molecule has 0 aliphatic carbocycles. The first kappa shape index (κ1) is 14.4. The second kappa shape index (κ2) is 4.93. The van der Waals surface area contributed by atoms with Gasteiger partial charge in [-0.3, -0.25) is 0 Å². The van der Waals surface area contributed by atoms with E-state index in [1.807, 2.05) is 25.8 Å². The van der Waals surface area contributed by atoms with Crippen LogP contribution in [0.2, 0.25) is 0 Å². The van der Waals surface area contributed by atoms with E-state index in [4.69, 9.17) is 0 Å². The average molecular weight is 246 g/mol. The summed E-state index contributed by atoms with van der Waals surface area (Å²) < 4.78 is 0. The summed E-state index contributed by atoms with van der Waals surface area (Å²) in [6.45, 7) is 12.5. The molecule has 0 fully saturated rings. The van der Waals surface area contributed by atoms with Crippen LogP contribution >= 0.6 is 0 Å². The zero-order chi connectivity index (χ0) is 14.1. The molecule has 0 bridgehead atoms. The van der Waals surface area contributed by atoms with Crippen molar-refractivity contribution in [2.75, 3.05) is 11.9 Å². The second-order valence-corrected chi connectivity index (χ2v) is 5.87. The zero-order valence-electron chi connectivity index (χ0n) is 12.4. The van der Waals surface area contributed by atoms with Crippen LogP contribution in [0.1, 0.15) is 44.5 Å².